The average molecular weight is 311 g/mol. The Morgan fingerprint density at radius 1 is 1.26 bits per heavy atom. The molecule has 0 aliphatic carbocycles. The molecule has 0 radical (unpaired) electrons. The molecule has 4 heteroatoms. The first kappa shape index (κ1) is 15.8. The fourth-order valence-corrected chi connectivity index (χ4v) is 3.54. The highest BCUT2D eigenvalue weighted by Gasteiger charge is 2.29. The molecule has 0 saturated carbocycles. The summed E-state index contributed by atoms with van der Waals surface area (Å²) < 4.78 is 5.59. The molecule has 0 bridgehead atoms. The number of ether oxygens (including phenoxy) is 1. The number of nitrogen functional groups attached to an aromatic ring is 1. The molecule has 1 aliphatic rings. The SMILES string of the molecule is COc1ccccc1C1CCC(C)CN1Cc1ccnc(N)c1. The van der Waals surface area contributed by atoms with Crippen LogP contribution in [0.2, 0.25) is 0 Å². The average Bonchev–Trinajstić information content (AvgIpc) is 2.55. The van der Waals surface area contributed by atoms with Crippen molar-refractivity contribution >= 4 is 5.82 Å². The fourth-order valence-electron chi connectivity index (χ4n) is 3.54. The van der Waals surface area contributed by atoms with Gasteiger partial charge in [-0.2, -0.15) is 0 Å². The van der Waals surface area contributed by atoms with E-state index >= 15 is 0 Å². The van der Waals surface area contributed by atoms with Crippen molar-refractivity contribution in [3.8, 4) is 5.75 Å². The number of anilines is 1. The molecular formula is C19H25N3O. The van der Waals surface area contributed by atoms with E-state index in [0.717, 1.165) is 25.3 Å². The van der Waals surface area contributed by atoms with Gasteiger partial charge in [0.25, 0.3) is 0 Å². The van der Waals surface area contributed by atoms with Crippen molar-refractivity contribution in [1.29, 1.82) is 0 Å². The zero-order valence-electron chi connectivity index (χ0n) is 13.9. The number of methoxy groups -OCH3 is 1. The summed E-state index contributed by atoms with van der Waals surface area (Å²) >= 11 is 0. The van der Waals surface area contributed by atoms with E-state index in [2.05, 4.69) is 41.1 Å². The Morgan fingerprint density at radius 3 is 2.87 bits per heavy atom. The molecule has 1 fully saturated rings. The molecular weight excluding hydrogens is 286 g/mol. The van der Waals surface area contributed by atoms with Crippen LogP contribution in [0.4, 0.5) is 5.82 Å². The maximum absolute atomic E-state index is 5.83. The van der Waals surface area contributed by atoms with Crippen LogP contribution < -0.4 is 10.5 Å². The van der Waals surface area contributed by atoms with Crippen LogP contribution in [-0.2, 0) is 6.54 Å². The molecule has 4 nitrogen and oxygen atoms in total. The van der Waals surface area contributed by atoms with Gasteiger partial charge in [-0.1, -0.05) is 25.1 Å². The Bertz CT molecular complexity index is 659. The molecule has 2 heterocycles. The molecule has 0 amide bonds. The van der Waals surface area contributed by atoms with Gasteiger partial charge in [-0.05, 0) is 42.5 Å². The Labute approximate surface area is 138 Å². The van der Waals surface area contributed by atoms with Crippen molar-refractivity contribution in [3.63, 3.8) is 0 Å². The van der Waals surface area contributed by atoms with Crippen LogP contribution in [-0.4, -0.2) is 23.5 Å². The minimum absolute atomic E-state index is 0.386. The topological polar surface area (TPSA) is 51.4 Å². The minimum Gasteiger partial charge on any atom is -0.496 e. The highest BCUT2D eigenvalue weighted by Crippen LogP contribution is 2.38. The molecule has 122 valence electrons. The number of aromatic nitrogens is 1. The number of pyridine rings is 1. The van der Waals surface area contributed by atoms with Crippen LogP contribution in [0.3, 0.4) is 0 Å². The van der Waals surface area contributed by atoms with Crippen LogP contribution in [0.25, 0.3) is 0 Å². The summed E-state index contributed by atoms with van der Waals surface area (Å²) in [4.78, 5) is 6.63. The summed E-state index contributed by atoms with van der Waals surface area (Å²) in [6.07, 6.45) is 4.19. The first-order chi connectivity index (χ1) is 11.2. The number of nitrogens with zero attached hydrogens (tertiary/aromatic N) is 2. The van der Waals surface area contributed by atoms with Crippen LogP contribution in [0.15, 0.2) is 42.6 Å². The molecule has 0 spiro atoms. The lowest BCUT2D eigenvalue weighted by atomic mass is 9.89. The third-order valence-electron chi connectivity index (χ3n) is 4.65. The molecule has 2 N–H and O–H groups in total. The van der Waals surface area contributed by atoms with Gasteiger partial charge in [0.15, 0.2) is 0 Å². The van der Waals surface area contributed by atoms with Crippen molar-refractivity contribution in [1.82, 2.24) is 9.88 Å². The lowest BCUT2D eigenvalue weighted by Gasteiger charge is -2.39. The van der Waals surface area contributed by atoms with Gasteiger partial charge in [-0.15, -0.1) is 0 Å². The quantitative estimate of drug-likeness (QED) is 0.936. The minimum atomic E-state index is 0.386. The zero-order chi connectivity index (χ0) is 16.2. The molecule has 1 aromatic carbocycles. The molecule has 2 atom stereocenters. The second kappa shape index (κ2) is 7.01. The van der Waals surface area contributed by atoms with Crippen molar-refractivity contribution in [3.05, 3.63) is 53.7 Å². The Morgan fingerprint density at radius 2 is 2.09 bits per heavy atom. The molecule has 2 aromatic rings. The molecule has 1 aliphatic heterocycles. The molecule has 3 rings (SSSR count). The van der Waals surface area contributed by atoms with Gasteiger partial charge >= 0.3 is 0 Å². The number of hydrogen-bond donors (Lipinski definition) is 1. The molecule has 1 saturated heterocycles. The second-order valence-electron chi connectivity index (χ2n) is 6.46. The van der Waals surface area contributed by atoms with Crippen molar-refractivity contribution in [2.75, 3.05) is 19.4 Å². The normalized spacial score (nSPS) is 22.0. The number of benzene rings is 1. The Balaban J connectivity index is 1.87. The standard InChI is InChI=1S/C19H25N3O/c1-14-7-8-17(16-5-3-4-6-18(16)23-2)22(12-14)13-15-9-10-21-19(20)11-15/h3-6,9-11,14,17H,7-8,12-13H2,1-2H3,(H2,20,21). The van der Waals surface area contributed by atoms with E-state index in [1.165, 1.54) is 17.5 Å². The lowest BCUT2D eigenvalue weighted by Crippen LogP contribution is -2.37. The number of para-hydroxylation sites is 1. The summed E-state index contributed by atoms with van der Waals surface area (Å²) in [7, 11) is 1.75. The lowest BCUT2D eigenvalue weighted by molar-refractivity contribution is 0.104. The first-order valence-electron chi connectivity index (χ1n) is 8.24. The largest absolute Gasteiger partial charge is 0.496 e. The van der Waals surface area contributed by atoms with Crippen LogP contribution in [0, 0.1) is 5.92 Å². The summed E-state index contributed by atoms with van der Waals surface area (Å²) in [5.74, 6) is 2.27. The fraction of sp³-hybridized carbons (Fsp3) is 0.421. The third-order valence-corrected chi connectivity index (χ3v) is 4.65. The van der Waals surface area contributed by atoms with E-state index < -0.39 is 0 Å². The van der Waals surface area contributed by atoms with Gasteiger partial charge in [-0.3, -0.25) is 4.90 Å². The molecule has 2 unspecified atom stereocenters. The number of nitrogens with two attached hydrogens (primary N) is 1. The van der Waals surface area contributed by atoms with Gasteiger partial charge in [0.05, 0.1) is 7.11 Å². The summed E-state index contributed by atoms with van der Waals surface area (Å²) in [5.41, 5.74) is 8.33. The van der Waals surface area contributed by atoms with E-state index in [4.69, 9.17) is 10.5 Å². The van der Waals surface area contributed by atoms with E-state index in [9.17, 15) is 0 Å². The molecule has 1 aromatic heterocycles. The summed E-state index contributed by atoms with van der Waals surface area (Å²) in [5, 5.41) is 0. The zero-order valence-corrected chi connectivity index (χ0v) is 13.9. The Hall–Kier alpha value is -2.07. The van der Waals surface area contributed by atoms with Gasteiger partial charge < -0.3 is 10.5 Å². The Kier molecular flexibility index (Phi) is 4.82. The number of rotatable bonds is 4. The van der Waals surface area contributed by atoms with Gasteiger partial charge in [-0.25, -0.2) is 4.98 Å². The first-order valence-corrected chi connectivity index (χ1v) is 8.24. The van der Waals surface area contributed by atoms with E-state index in [1.807, 2.05) is 12.1 Å². The van der Waals surface area contributed by atoms with E-state index in [0.29, 0.717) is 17.8 Å². The predicted molar refractivity (Wildman–Crippen MR) is 93.2 cm³/mol. The highest BCUT2D eigenvalue weighted by atomic mass is 16.5. The predicted octanol–water partition coefficient (Wildman–Crippen LogP) is 3.65. The van der Waals surface area contributed by atoms with Gasteiger partial charge in [0.2, 0.25) is 0 Å². The van der Waals surface area contributed by atoms with Crippen molar-refractivity contribution in [2.45, 2.75) is 32.4 Å². The third kappa shape index (κ3) is 3.64. The highest BCUT2D eigenvalue weighted by molar-refractivity contribution is 5.37. The van der Waals surface area contributed by atoms with Crippen LogP contribution in [0.5, 0.6) is 5.75 Å². The van der Waals surface area contributed by atoms with Gasteiger partial charge in [0, 0.05) is 30.9 Å². The summed E-state index contributed by atoms with van der Waals surface area (Å²) in [6.45, 7) is 4.30. The number of hydrogen-bond acceptors (Lipinski definition) is 4. The van der Waals surface area contributed by atoms with Crippen molar-refractivity contribution in [2.24, 2.45) is 5.92 Å². The molecule has 23 heavy (non-hydrogen) atoms. The smallest absolute Gasteiger partial charge is 0.123 e. The van der Waals surface area contributed by atoms with E-state index in [1.54, 1.807) is 13.3 Å². The van der Waals surface area contributed by atoms with Crippen LogP contribution in [0.1, 0.15) is 36.9 Å². The maximum atomic E-state index is 5.83. The number of piperidine rings is 1. The van der Waals surface area contributed by atoms with Gasteiger partial charge in [0.1, 0.15) is 11.6 Å². The van der Waals surface area contributed by atoms with E-state index in [-0.39, 0.29) is 0 Å². The summed E-state index contributed by atoms with van der Waals surface area (Å²) in [6, 6.07) is 12.8. The number of likely N-dealkylation sites (tertiary alicyclic amines) is 1. The second-order valence-corrected chi connectivity index (χ2v) is 6.46. The monoisotopic (exact) mass is 311 g/mol. The maximum Gasteiger partial charge on any atom is 0.123 e. The van der Waals surface area contributed by atoms with Crippen molar-refractivity contribution < 1.29 is 4.74 Å². The van der Waals surface area contributed by atoms with Crippen LogP contribution >= 0.6 is 0 Å².